The number of phenols is 1. The van der Waals surface area contributed by atoms with Crippen molar-refractivity contribution >= 4 is 6.03 Å². The van der Waals surface area contributed by atoms with Gasteiger partial charge in [-0.25, -0.2) is 4.79 Å². The van der Waals surface area contributed by atoms with E-state index in [2.05, 4.69) is 5.32 Å². The fourth-order valence-electron chi connectivity index (χ4n) is 2.15. The minimum absolute atomic E-state index is 0.0894. The second kappa shape index (κ2) is 5.93. The van der Waals surface area contributed by atoms with Crippen LogP contribution in [0.3, 0.4) is 0 Å². The Labute approximate surface area is 113 Å². The van der Waals surface area contributed by atoms with Crippen LogP contribution in [0, 0.1) is 0 Å². The molecule has 1 aromatic rings. The summed E-state index contributed by atoms with van der Waals surface area (Å²) in [7, 11) is 1.72. The number of amides is 2. The Morgan fingerprint density at radius 1 is 1.53 bits per heavy atom. The zero-order valence-electron chi connectivity index (χ0n) is 11.3. The zero-order valence-corrected chi connectivity index (χ0v) is 11.3. The molecule has 0 spiro atoms. The molecule has 5 nitrogen and oxygen atoms in total. The summed E-state index contributed by atoms with van der Waals surface area (Å²) in [5.74, 6) is 0.207. The summed E-state index contributed by atoms with van der Waals surface area (Å²) in [5.41, 5.74) is 0.739. The molecule has 1 fully saturated rings. The van der Waals surface area contributed by atoms with Crippen LogP contribution < -0.4 is 5.32 Å². The molecule has 2 unspecified atom stereocenters. The third-order valence-electron chi connectivity index (χ3n) is 3.55. The molecular weight excluding hydrogens is 244 g/mol. The van der Waals surface area contributed by atoms with Gasteiger partial charge >= 0.3 is 6.03 Å². The van der Waals surface area contributed by atoms with E-state index in [-0.39, 0.29) is 23.9 Å². The quantitative estimate of drug-likeness (QED) is 0.876. The van der Waals surface area contributed by atoms with Crippen LogP contribution >= 0.6 is 0 Å². The summed E-state index contributed by atoms with van der Waals surface area (Å²) >= 11 is 0. The molecule has 0 aromatic heterocycles. The molecule has 1 heterocycles. The number of rotatable bonds is 3. The van der Waals surface area contributed by atoms with Crippen molar-refractivity contribution in [1.29, 1.82) is 0 Å². The summed E-state index contributed by atoms with van der Waals surface area (Å²) in [6.07, 6.45) is 0.852. The van der Waals surface area contributed by atoms with Crippen molar-refractivity contribution < 1.29 is 14.6 Å². The highest BCUT2D eigenvalue weighted by molar-refractivity contribution is 5.75. The molecule has 1 aliphatic heterocycles. The van der Waals surface area contributed by atoms with Gasteiger partial charge in [0.15, 0.2) is 0 Å². The number of aromatic hydroxyl groups is 1. The Balaban J connectivity index is 2.00. The molecule has 1 saturated heterocycles. The van der Waals surface area contributed by atoms with Crippen molar-refractivity contribution in [2.24, 2.45) is 0 Å². The Kier molecular flexibility index (Phi) is 4.27. The smallest absolute Gasteiger partial charge is 0.317 e. The standard InChI is InChI=1S/C14H20N2O3/c1-10(12-5-3-4-6-13(12)17)16(2)14(18)15-11-7-8-19-9-11/h3-6,10-11,17H,7-9H2,1-2H3,(H,15,18). The van der Waals surface area contributed by atoms with Gasteiger partial charge in [-0.2, -0.15) is 0 Å². The Morgan fingerprint density at radius 3 is 2.89 bits per heavy atom. The maximum Gasteiger partial charge on any atom is 0.317 e. The Hall–Kier alpha value is -1.75. The predicted octanol–water partition coefficient (Wildman–Crippen LogP) is 1.88. The third kappa shape index (κ3) is 3.17. The number of hydrogen-bond acceptors (Lipinski definition) is 3. The number of para-hydroxylation sites is 1. The molecule has 5 heteroatoms. The van der Waals surface area contributed by atoms with Crippen LogP contribution in [0.4, 0.5) is 4.79 Å². The van der Waals surface area contributed by atoms with Gasteiger partial charge < -0.3 is 20.1 Å². The molecule has 0 radical (unpaired) electrons. The number of phenolic OH excluding ortho intramolecular Hbond substituents is 1. The van der Waals surface area contributed by atoms with Crippen LogP contribution in [-0.4, -0.2) is 42.3 Å². The molecule has 0 aliphatic carbocycles. The molecule has 0 saturated carbocycles. The van der Waals surface area contributed by atoms with E-state index in [1.807, 2.05) is 19.1 Å². The number of urea groups is 1. The Morgan fingerprint density at radius 2 is 2.26 bits per heavy atom. The van der Waals surface area contributed by atoms with Gasteiger partial charge in [-0.05, 0) is 19.4 Å². The monoisotopic (exact) mass is 264 g/mol. The van der Waals surface area contributed by atoms with Gasteiger partial charge in [0.2, 0.25) is 0 Å². The predicted molar refractivity (Wildman–Crippen MR) is 72.0 cm³/mol. The van der Waals surface area contributed by atoms with Crippen molar-refractivity contribution in [3.05, 3.63) is 29.8 Å². The van der Waals surface area contributed by atoms with Gasteiger partial charge in [-0.1, -0.05) is 18.2 Å². The van der Waals surface area contributed by atoms with Crippen LogP contribution in [0.5, 0.6) is 5.75 Å². The van der Waals surface area contributed by atoms with E-state index in [4.69, 9.17) is 4.74 Å². The molecule has 19 heavy (non-hydrogen) atoms. The van der Waals surface area contributed by atoms with Crippen molar-refractivity contribution in [3.63, 3.8) is 0 Å². The molecule has 2 N–H and O–H groups in total. The maximum atomic E-state index is 12.1. The fraction of sp³-hybridized carbons (Fsp3) is 0.500. The van der Waals surface area contributed by atoms with Crippen LogP contribution in [0.25, 0.3) is 0 Å². The largest absolute Gasteiger partial charge is 0.508 e. The number of carbonyl (C=O) groups is 1. The average Bonchev–Trinajstić information content (AvgIpc) is 2.90. The van der Waals surface area contributed by atoms with E-state index >= 15 is 0 Å². The van der Waals surface area contributed by atoms with Gasteiger partial charge in [0.1, 0.15) is 5.75 Å². The van der Waals surface area contributed by atoms with Gasteiger partial charge in [0.25, 0.3) is 0 Å². The summed E-state index contributed by atoms with van der Waals surface area (Å²) in [6.45, 7) is 3.16. The molecule has 1 aliphatic rings. The van der Waals surface area contributed by atoms with E-state index in [1.54, 1.807) is 24.1 Å². The molecule has 2 amide bonds. The number of benzene rings is 1. The lowest BCUT2D eigenvalue weighted by Crippen LogP contribution is -2.44. The van der Waals surface area contributed by atoms with Gasteiger partial charge in [-0.3, -0.25) is 0 Å². The second-order valence-electron chi connectivity index (χ2n) is 4.86. The number of nitrogens with one attached hydrogen (secondary N) is 1. The zero-order chi connectivity index (χ0) is 13.8. The molecule has 0 bridgehead atoms. The lowest BCUT2D eigenvalue weighted by Gasteiger charge is -2.27. The van der Waals surface area contributed by atoms with E-state index in [1.165, 1.54) is 0 Å². The molecule has 104 valence electrons. The first kappa shape index (κ1) is 13.7. The van der Waals surface area contributed by atoms with Crippen LogP contribution in [0.2, 0.25) is 0 Å². The lowest BCUT2D eigenvalue weighted by molar-refractivity contribution is 0.175. The van der Waals surface area contributed by atoms with E-state index < -0.39 is 0 Å². The molecule has 1 aromatic carbocycles. The molecular formula is C14H20N2O3. The third-order valence-corrected chi connectivity index (χ3v) is 3.55. The van der Waals surface area contributed by atoms with Crippen molar-refractivity contribution in [2.75, 3.05) is 20.3 Å². The number of hydrogen-bond donors (Lipinski definition) is 2. The average molecular weight is 264 g/mol. The van der Waals surface area contributed by atoms with E-state index in [0.717, 1.165) is 12.0 Å². The maximum absolute atomic E-state index is 12.1. The van der Waals surface area contributed by atoms with Crippen molar-refractivity contribution in [1.82, 2.24) is 10.2 Å². The summed E-state index contributed by atoms with van der Waals surface area (Å²) in [4.78, 5) is 13.7. The molecule has 2 atom stereocenters. The minimum atomic E-state index is -0.191. The fourth-order valence-corrected chi connectivity index (χ4v) is 2.15. The van der Waals surface area contributed by atoms with Crippen LogP contribution in [-0.2, 0) is 4.74 Å². The second-order valence-corrected chi connectivity index (χ2v) is 4.86. The van der Waals surface area contributed by atoms with Crippen LogP contribution in [0.15, 0.2) is 24.3 Å². The number of carbonyl (C=O) groups excluding carboxylic acids is 1. The number of nitrogens with zero attached hydrogens (tertiary/aromatic N) is 1. The van der Waals surface area contributed by atoms with Gasteiger partial charge in [0, 0.05) is 19.2 Å². The van der Waals surface area contributed by atoms with Crippen molar-refractivity contribution in [3.8, 4) is 5.75 Å². The summed E-state index contributed by atoms with van der Waals surface area (Å²) < 4.78 is 5.23. The number of ether oxygens (including phenoxy) is 1. The van der Waals surface area contributed by atoms with E-state index in [0.29, 0.717) is 13.2 Å². The summed E-state index contributed by atoms with van der Waals surface area (Å²) in [6, 6.07) is 6.82. The first-order valence-electron chi connectivity index (χ1n) is 6.48. The lowest BCUT2D eigenvalue weighted by atomic mass is 10.1. The van der Waals surface area contributed by atoms with Crippen LogP contribution in [0.1, 0.15) is 24.9 Å². The van der Waals surface area contributed by atoms with E-state index in [9.17, 15) is 9.90 Å². The summed E-state index contributed by atoms with van der Waals surface area (Å²) in [5, 5.41) is 12.7. The SMILES string of the molecule is CC(c1ccccc1O)N(C)C(=O)NC1CCOC1. The van der Waals surface area contributed by atoms with Gasteiger partial charge in [-0.15, -0.1) is 0 Å². The highest BCUT2D eigenvalue weighted by Gasteiger charge is 2.23. The first-order valence-corrected chi connectivity index (χ1v) is 6.48. The highest BCUT2D eigenvalue weighted by atomic mass is 16.5. The molecule has 2 rings (SSSR count). The Bertz CT molecular complexity index is 444. The minimum Gasteiger partial charge on any atom is -0.508 e. The first-order chi connectivity index (χ1) is 9.09. The highest BCUT2D eigenvalue weighted by Crippen LogP contribution is 2.27. The normalized spacial score (nSPS) is 20.0. The topological polar surface area (TPSA) is 61.8 Å². The van der Waals surface area contributed by atoms with Gasteiger partial charge in [0.05, 0.1) is 18.7 Å². The van der Waals surface area contributed by atoms with Crippen molar-refractivity contribution in [2.45, 2.75) is 25.4 Å².